The first-order chi connectivity index (χ1) is 21.3. The van der Waals surface area contributed by atoms with Gasteiger partial charge in [-0.1, -0.05) is 68.7 Å². The van der Waals surface area contributed by atoms with Gasteiger partial charge in [-0.25, -0.2) is 0 Å². The molecule has 1 aliphatic heterocycles. The van der Waals surface area contributed by atoms with E-state index in [2.05, 4.69) is 0 Å². The Morgan fingerprint density at radius 3 is 1.78 bits per heavy atom. The van der Waals surface area contributed by atoms with Crippen LogP contribution in [0.2, 0.25) is 0 Å². The van der Waals surface area contributed by atoms with Crippen molar-refractivity contribution in [2.75, 3.05) is 0 Å². The predicted octanol–water partition coefficient (Wildman–Crippen LogP) is 2.46. The Kier molecular flexibility index (Phi) is 20.8. The number of cyclic esters (lactones) is 1. The Morgan fingerprint density at radius 2 is 1.22 bits per heavy atom. The van der Waals surface area contributed by atoms with Gasteiger partial charge in [-0.3, -0.25) is 4.79 Å². The molecule has 45 heavy (non-hydrogen) atoms. The molecule has 0 fully saturated rings. The second-order valence-electron chi connectivity index (χ2n) is 11.9. The fourth-order valence-corrected chi connectivity index (χ4v) is 5.07. The SMILES string of the molecule is CCCCCC(O)C1C(=O)OC(C)O/C=C/C=C/C=CC=C/C=C(/C)C(O)CC(O)CC(O)CC(O)CC(O)CC(O)CC1O. The molecule has 0 aromatic rings. The van der Waals surface area contributed by atoms with E-state index in [1.807, 2.05) is 6.92 Å². The Bertz CT molecular complexity index is 960. The highest BCUT2D eigenvalue weighted by molar-refractivity contribution is 5.74. The molecule has 1 heterocycles. The molecule has 10 atom stereocenters. The summed E-state index contributed by atoms with van der Waals surface area (Å²) in [5.41, 5.74) is 0.621. The van der Waals surface area contributed by atoms with E-state index in [-0.39, 0.29) is 44.9 Å². The molecule has 0 radical (unpaired) electrons. The average molecular weight is 641 g/mol. The first-order valence-corrected chi connectivity index (χ1v) is 16.0. The van der Waals surface area contributed by atoms with E-state index in [1.54, 1.807) is 55.5 Å². The van der Waals surface area contributed by atoms with Crippen molar-refractivity contribution in [1.29, 1.82) is 0 Å². The second kappa shape index (κ2) is 23.0. The number of rotatable bonds is 5. The van der Waals surface area contributed by atoms with Crippen LogP contribution in [0.25, 0.3) is 0 Å². The molecule has 0 saturated heterocycles. The lowest BCUT2D eigenvalue weighted by Gasteiger charge is -2.29. The summed E-state index contributed by atoms with van der Waals surface area (Å²) in [4.78, 5) is 13.0. The summed E-state index contributed by atoms with van der Waals surface area (Å²) >= 11 is 0. The smallest absolute Gasteiger partial charge is 0.317 e. The van der Waals surface area contributed by atoms with Crippen molar-refractivity contribution in [3.8, 4) is 0 Å². The van der Waals surface area contributed by atoms with Crippen LogP contribution in [0, 0.1) is 5.92 Å². The van der Waals surface area contributed by atoms with E-state index in [0.717, 1.165) is 12.8 Å². The number of ether oxygens (including phenoxy) is 2. The zero-order chi connectivity index (χ0) is 33.8. The van der Waals surface area contributed by atoms with Crippen LogP contribution in [0.5, 0.6) is 0 Å². The topological polar surface area (TPSA) is 197 Å². The number of hydrogen-bond acceptors (Lipinski definition) is 11. The maximum atomic E-state index is 13.0. The lowest BCUT2D eigenvalue weighted by molar-refractivity contribution is -0.181. The van der Waals surface area contributed by atoms with Crippen LogP contribution in [-0.2, 0) is 14.3 Å². The van der Waals surface area contributed by atoms with E-state index >= 15 is 0 Å². The number of esters is 1. The summed E-state index contributed by atoms with van der Waals surface area (Å²) < 4.78 is 10.7. The van der Waals surface area contributed by atoms with Crippen molar-refractivity contribution < 1.29 is 55.1 Å². The normalized spacial score (nSPS) is 35.9. The molecule has 10 unspecified atom stereocenters. The first-order valence-electron chi connectivity index (χ1n) is 16.0. The average Bonchev–Trinajstić information content (AvgIpc) is 2.92. The number of aliphatic hydroxyl groups is 8. The van der Waals surface area contributed by atoms with Crippen LogP contribution in [-0.4, -0.2) is 102 Å². The summed E-state index contributed by atoms with van der Waals surface area (Å²) in [7, 11) is 0. The third-order valence-electron chi connectivity index (χ3n) is 7.57. The van der Waals surface area contributed by atoms with Crippen molar-refractivity contribution in [3.63, 3.8) is 0 Å². The monoisotopic (exact) mass is 640 g/mol. The molecule has 0 amide bonds. The van der Waals surface area contributed by atoms with E-state index in [1.165, 1.54) is 13.2 Å². The number of allylic oxidation sites excluding steroid dienone is 8. The van der Waals surface area contributed by atoms with Gasteiger partial charge < -0.3 is 50.3 Å². The maximum absolute atomic E-state index is 13.0. The van der Waals surface area contributed by atoms with Crippen LogP contribution in [0.15, 0.2) is 60.4 Å². The molecule has 0 saturated carbocycles. The largest absolute Gasteiger partial charge is 0.463 e. The molecule has 258 valence electrons. The van der Waals surface area contributed by atoms with Crippen LogP contribution in [0.1, 0.15) is 85.0 Å². The van der Waals surface area contributed by atoms with Gasteiger partial charge in [0.05, 0.1) is 55.1 Å². The molecular weight excluding hydrogens is 584 g/mol. The van der Waals surface area contributed by atoms with Gasteiger partial charge in [0, 0.05) is 19.8 Å². The molecule has 0 aliphatic carbocycles. The number of hydrogen-bond donors (Lipinski definition) is 8. The fourth-order valence-electron chi connectivity index (χ4n) is 5.07. The maximum Gasteiger partial charge on any atom is 0.317 e. The standard InChI is InChI=1S/C34H56O11/c1-4-5-11-15-30(40)33-32(42)22-29(39)20-27(37)18-25(35)17-26(36)19-28(38)21-31(41)23(2)14-12-9-7-6-8-10-13-16-44-24(3)45-34(33)43/h6-10,12-14,16,24-33,35-42H,4-5,11,15,17-22H2,1-3H3/b7-6?,10-8+,12-9?,16-13+,23-14-. The number of unbranched alkanes of at least 4 members (excludes halogenated alkanes) is 2. The van der Waals surface area contributed by atoms with Gasteiger partial charge in [0.2, 0.25) is 6.29 Å². The van der Waals surface area contributed by atoms with Crippen LogP contribution >= 0.6 is 0 Å². The quantitative estimate of drug-likeness (QED) is 0.162. The highest BCUT2D eigenvalue weighted by atomic mass is 16.7. The van der Waals surface area contributed by atoms with E-state index in [0.29, 0.717) is 12.0 Å². The Hall–Kier alpha value is -2.35. The van der Waals surface area contributed by atoms with Crippen LogP contribution in [0.4, 0.5) is 0 Å². The Morgan fingerprint density at radius 1 is 0.733 bits per heavy atom. The molecule has 1 rings (SSSR count). The zero-order valence-electron chi connectivity index (χ0n) is 26.8. The van der Waals surface area contributed by atoms with Gasteiger partial charge in [-0.2, -0.15) is 0 Å². The minimum Gasteiger partial charge on any atom is -0.463 e. The lowest BCUT2D eigenvalue weighted by Crippen LogP contribution is -2.42. The van der Waals surface area contributed by atoms with Gasteiger partial charge in [-0.05, 0) is 50.7 Å². The van der Waals surface area contributed by atoms with Crippen molar-refractivity contribution in [2.24, 2.45) is 5.92 Å². The van der Waals surface area contributed by atoms with Gasteiger partial charge >= 0.3 is 5.97 Å². The number of aliphatic hydroxyl groups excluding tert-OH is 8. The molecule has 11 heteroatoms. The molecule has 0 spiro atoms. The van der Waals surface area contributed by atoms with E-state index in [9.17, 15) is 45.6 Å². The highest BCUT2D eigenvalue weighted by Crippen LogP contribution is 2.24. The van der Waals surface area contributed by atoms with Crippen molar-refractivity contribution in [1.82, 2.24) is 0 Å². The number of carbonyl (C=O) groups is 1. The summed E-state index contributed by atoms with van der Waals surface area (Å²) in [6, 6.07) is 0. The molecule has 0 aromatic carbocycles. The molecule has 0 aromatic heterocycles. The zero-order valence-corrected chi connectivity index (χ0v) is 26.8. The summed E-state index contributed by atoms with van der Waals surface area (Å²) in [6.45, 7) is 5.20. The van der Waals surface area contributed by atoms with Gasteiger partial charge in [0.25, 0.3) is 0 Å². The van der Waals surface area contributed by atoms with Crippen LogP contribution < -0.4 is 0 Å². The lowest BCUT2D eigenvalue weighted by atomic mass is 9.88. The summed E-state index contributed by atoms with van der Waals surface area (Å²) in [5, 5.41) is 84.1. The van der Waals surface area contributed by atoms with Gasteiger partial charge in [0.1, 0.15) is 5.92 Å². The van der Waals surface area contributed by atoms with Crippen molar-refractivity contribution in [2.45, 2.75) is 140 Å². The molecule has 8 N–H and O–H groups in total. The highest BCUT2D eigenvalue weighted by Gasteiger charge is 2.37. The van der Waals surface area contributed by atoms with Crippen molar-refractivity contribution >= 4 is 5.97 Å². The predicted molar refractivity (Wildman–Crippen MR) is 170 cm³/mol. The fraction of sp³-hybridized carbons (Fsp3) is 0.676. The Balaban J connectivity index is 3.08. The first kappa shape index (κ1) is 40.7. The van der Waals surface area contributed by atoms with Gasteiger partial charge in [0.15, 0.2) is 0 Å². The third kappa shape index (κ3) is 18.4. The molecule has 0 bridgehead atoms. The third-order valence-corrected chi connectivity index (χ3v) is 7.57. The van der Waals surface area contributed by atoms with Crippen LogP contribution in [0.3, 0.4) is 0 Å². The minimum absolute atomic E-state index is 0.00604. The van der Waals surface area contributed by atoms with Crippen molar-refractivity contribution in [3.05, 3.63) is 60.4 Å². The molecule has 11 nitrogen and oxygen atoms in total. The summed E-state index contributed by atoms with van der Waals surface area (Å²) in [6.07, 6.45) is 6.21. The Labute approximate surface area is 267 Å². The molecule has 1 aliphatic rings. The number of carbonyl (C=O) groups excluding carboxylic acids is 1. The van der Waals surface area contributed by atoms with E-state index in [4.69, 9.17) is 9.47 Å². The van der Waals surface area contributed by atoms with E-state index < -0.39 is 67.0 Å². The van der Waals surface area contributed by atoms with Gasteiger partial charge in [-0.15, -0.1) is 0 Å². The molecular formula is C34H56O11. The minimum atomic E-state index is -1.49. The second-order valence-corrected chi connectivity index (χ2v) is 11.9. The summed E-state index contributed by atoms with van der Waals surface area (Å²) in [5.74, 6) is -2.25.